The van der Waals surface area contributed by atoms with Gasteiger partial charge in [0.15, 0.2) is 0 Å². The van der Waals surface area contributed by atoms with E-state index in [4.69, 9.17) is 0 Å². The molecule has 2 N–H and O–H groups in total. The van der Waals surface area contributed by atoms with Crippen molar-refractivity contribution in [1.29, 1.82) is 0 Å². The molecule has 1 unspecified atom stereocenters. The van der Waals surface area contributed by atoms with Gasteiger partial charge in [-0.25, -0.2) is 0 Å². The number of aromatic nitrogens is 1. The van der Waals surface area contributed by atoms with Gasteiger partial charge in [-0.15, -0.1) is 0 Å². The molecule has 0 aliphatic carbocycles. The molecule has 1 fully saturated rings. The number of aryl methyl sites for hydroxylation is 1. The number of rotatable bonds is 2. The molecule has 17 heavy (non-hydrogen) atoms. The molecule has 0 radical (unpaired) electrons. The van der Waals surface area contributed by atoms with Crippen molar-refractivity contribution in [2.24, 2.45) is 5.41 Å². The molecule has 1 atom stereocenters. The zero-order valence-corrected chi connectivity index (χ0v) is 10.4. The number of amides is 1. The molecule has 0 spiro atoms. The Morgan fingerprint density at radius 2 is 2.41 bits per heavy atom. The summed E-state index contributed by atoms with van der Waals surface area (Å²) in [5, 5.41) is 6.26. The van der Waals surface area contributed by atoms with Gasteiger partial charge in [0, 0.05) is 12.7 Å². The average Bonchev–Trinajstić information content (AvgIpc) is 2.33. The van der Waals surface area contributed by atoms with Crippen LogP contribution in [0.3, 0.4) is 0 Å². The molecular weight excluding hydrogens is 214 g/mol. The van der Waals surface area contributed by atoms with Crippen LogP contribution in [0.2, 0.25) is 0 Å². The predicted octanol–water partition coefficient (Wildman–Crippen LogP) is 1.72. The zero-order chi connectivity index (χ0) is 12.3. The highest BCUT2D eigenvalue weighted by Gasteiger charge is 2.34. The maximum absolute atomic E-state index is 12.3. The number of carbonyl (C=O) groups excluding carboxylic acids is 1. The monoisotopic (exact) mass is 233 g/mol. The highest BCUT2D eigenvalue weighted by atomic mass is 16.2. The van der Waals surface area contributed by atoms with Gasteiger partial charge in [-0.05, 0) is 44.9 Å². The van der Waals surface area contributed by atoms with Crippen molar-refractivity contribution in [1.82, 2.24) is 10.3 Å². The van der Waals surface area contributed by atoms with Gasteiger partial charge in [-0.3, -0.25) is 9.78 Å². The number of carbonyl (C=O) groups is 1. The van der Waals surface area contributed by atoms with E-state index in [1.54, 1.807) is 12.4 Å². The van der Waals surface area contributed by atoms with E-state index in [0.717, 1.165) is 37.2 Å². The summed E-state index contributed by atoms with van der Waals surface area (Å²) in [5.41, 5.74) is 1.55. The predicted molar refractivity (Wildman–Crippen MR) is 67.8 cm³/mol. The van der Waals surface area contributed by atoms with Crippen molar-refractivity contribution in [3.63, 3.8) is 0 Å². The summed E-state index contributed by atoms with van der Waals surface area (Å²) in [5.74, 6) is 0.0841. The molecule has 4 nitrogen and oxygen atoms in total. The quantitative estimate of drug-likeness (QED) is 0.817. The molecule has 0 aromatic carbocycles. The maximum Gasteiger partial charge on any atom is 0.231 e. The third-order valence-corrected chi connectivity index (χ3v) is 3.43. The first-order chi connectivity index (χ1) is 8.12. The van der Waals surface area contributed by atoms with E-state index in [9.17, 15) is 4.79 Å². The summed E-state index contributed by atoms with van der Waals surface area (Å²) in [6.45, 7) is 5.74. The van der Waals surface area contributed by atoms with Gasteiger partial charge in [0.05, 0.1) is 17.3 Å². The summed E-state index contributed by atoms with van der Waals surface area (Å²) < 4.78 is 0. The Hall–Kier alpha value is -1.42. The van der Waals surface area contributed by atoms with Gasteiger partial charge < -0.3 is 10.6 Å². The topological polar surface area (TPSA) is 54.0 Å². The van der Waals surface area contributed by atoms with Crippen LogP contribution >= 0.6 is 0 Å². The fourth-order valence-electron chi connectivity index (χ4n) is 2.12. The Balaban J connectivity index is 2.08. The largest absolute Gasteiger partial charge is 0.324 e. The molecule has 1 amide bonds. The van der Waals surface area contributed by atoms with Crippen molar-refractivity contribution in [3.8, 4) is 0 Å². The highest BCUT2D eigenvalue weighted by molar-refractivity contribution is 5.95. The summed E-state index contributed by atoms with van der Waals surface area (Å²) >= 11 is 0. The molecule has 1 aliphatic rings. The second-order valence-electron chi connectivity index (χ2n) is 4.99. The first-order valence-corrected chi connectivity index (χ1v) is 6.05. The third kappa shape index (κ3) is 2.64. The minimum absolute atomic E-state index is 0.0841. The van der Waals surface area contributed by atoms with Crippen molar-refractivity contribution in [3.05, 3.63) is 24.0 Å². The molecule has 0 saturated carbocycles. The van der Waals surface area contributed by atoms with Gasteiger partial charge in [0.2, 0.25) is 5.91 Å². The molecule has 0 bridgehead atoms. The van der Waals surface area contributed by atoms with Gasteiger partial charge in [0.1, 0.15) is 0 Å². The third-order valence-electron chi connectivity index (χ3n) is 3.43. The molecule has 2 heterocycles. The van der Waals surface area contributed by atoms with E-state index in [1.165, 1.54) is 0 Å². The lowest BCUT2D eigenvalue weighted by Crippen LogP contribution is -2.46. The van der Waals surface area contributed by atoms with Crippen molar-refractivity contribution < 1.29 is 4.79 Å². The van der Waals surface area contributed by atoms with E-state index in [-0.39, 0.29) is 11.3 Å². The molecule has 1 aromatic rings. The number of piperidine rings is 1. The number of nitrogens with zero attached hydrogens (tertiary/aromatic N) is 1. The van der Waals surface area contributed by atoms with E-state index >= 15 is 0 Å². The van der Waals surface area contributed by atoms with Crippen LogP contribution in [0, 0.1) is 12.3 Å². The van der Waals surface area contributed by atoms with Gasteiger partial charge >= 0.3 is 0 Å². The summed E-state index contributed by atoms with van der Waals surface area (Å²) in [6.07, 6.45) is 5.42. The SMILES string of the molecule is Cc1ccncc1NC(=O)C1(C)CCCNC1. The van der Waals surface area contributed by atoms with Crippen LogP contribution < -0.4 is 10.6 Å². The Morgan fingerprint density at radius 1 is 1.59 bits per heavy atom. The van der Waals surface area contributed by atoms with Crippen LogP contribution in [0.25, 0.3) is 0 Å². The van der Waals surface area contributed by atoms with Crippen molar-refractivity contribution in [2.75, 3.05) is 18.4 Å². The van der Waals surface area contributed by atoms with Crippen LogP contribution in [0.4, 0.5) is 5.69 Å². The normalized spacial score (nSPS) is 24.4. The number of hydrogen-bond acceptors (Lipinski definition) is 3. The smallest absolute Gasteiger partial charge is 0.231 e. The van der Waals surface area contributed by atoms with Gasteiger partial charge in [-0.2, -0.15) is 0 Å². The second-order valence-corrected chi connectivity index (χ2v) is 4.99. The molecule has 4 heteroatoms. The van der Waals surface area contributed by atoms with E-state index < -0.39 is 0 Å². The van der Waals surface area contributed by atoms with Gasteiger partial charge in [-0.1, -0.05) is 0 Å². The molecular formula is C13H19N3O. The first-order valence-electron chi connectivity index (χ1n) is 6.05. The minimum atomic E-state index is -0.305. The van der Waals surface area contributed by atoms with E-state index in [2.05, 4.69) is 15.6 Å². The Morgan fingerprint density at radius 3 is 3.06 bits per heavy atom. The Labute approximate surface area is 102 Å². The lowest BCUT2D eigenvalue weighted by molar-refractivity contribution is -0.125. The molecule has 92 valence electrons. The zero-order valence-electron chi connectivity index (χ0n) is 10.4. The number of pyridine rings is 1. The fraction of sp³-hybridized carbons (Fsp3) is 0.538. The van der Waals surface area contributed by atoms with E-state index in [0.29, 0.717) is 0 Å². The number of hydrogen-bond donors (Lipinski definition) is 2. The Bertz CT molecular complexity index is 411. The molecule has 1 aromatic heterocycles. The number of nitrogens with one attached hydrogen (secondary N) is 2. The fourth-order valence-corrected chi connectivity index (χ4v) is 2.12. The van der Waals surface area contributed by atoms with Crippen molar-refractivity contribution in [2.45, 2.75) is 26.7 Å². The standard InChI is InChI=1S/C13H19N3O/c1-10-4-7-14-8-11(10)16-12(17)13(2)5-3-6-15-9-13/h4,7-8,15H,3,5-6,9H2,1-2H3,(H,16,17). The summed E-state index contributed by atoms with van der Waals surface area (Å²) in [7, 11) is 0. The Kier molecular flexibility index (Phi) is 3.43. The van der Waals surface area contributed by atoms with Crippen LogP contribution in [-0.2, 0) is 4.79 Å². The summed E-state index contributed by atoms with van der Waals surface area (Å²) in [6, 6.07) is 1.90. The van der Waals surface area contributed by atoms with Crippen LogP contribution in [0.15, 0.2) is 18.5 Å². The number of anilines is 1. The lowest BCUT2D eigenvalue weighted by Gasteiger charge is -2.32. The molecule has 1 aliphatic heterocycles. The van der Waals surface area contributed by atoms with Crippen LogP contribution in [-0.4, -0.2) is 24.0 Å². The van der Waals surface area contributed by atoms with Crippen molar-refractivity contribution >= 4 is 11.6 Å². The van der Waals surface area contributed by atoms with Gasteiger partial charge in [0.25, 0.3) is 0 Å². The average molecular weight is 233 g/mol. The molecule has 1 saturated heterocycles. The van der Waals surface area contributed by atoms with Crippen LogP contribution in [0.1, 0.15) is 25.3 Å². The molecule has 2 rings (SSSR count). The highest BCUT2D eigenvalue weighted by Crippen LogP contribution is 2.27. The first kappa shape index (κ1) is 12.0. The van der Waals surface area contributed by atoms with Crippen LogP contribution in [0.5, 0.6) is 0 Å². The van der Waals surface area contributed by atoms with E-state index in [1.807, 2.05) is 19.9 Å². The minimum Gasteiger partial charge on any atom is -0.324 e. The lowest BCUT2D eigenvalue weighted by atomic mass is 9.82. The summed E-state index contributed by atoms with van der Waals surface area (Å²) in [4.78, 5) is 16.3. The second kappa shape index (κ2) is 4.84. The maximum atomic E-state index is 12.3.